The van der Waals surface area contributed by atoms with Crippen LogP contribution >= 0.6 is 11.8 Å². The number of amides is 2. The Labute approximate surface area is 186 Å². The van der Waals surface area contributed by atoms with Crippen LogP contribution in [0.4, 0.5) is 4.79 Å². The van der Waals surface area contributed by atoms with Crippen molar-refractivity contribution in [3.8, 4) is 28.7 Å². The summed E-state index contributed by atoms with van der Waals surface area (Å²) in [5.74, 6) is 1.03. The molecular weight excluding hydrogens is 426 g/mol. The third-order valence-corrected chi connectivity index (χ3v) is 5.55. The highest BCUT2D eigenvalue weighted by Crippen LogP contribution is 2.35. The van der Waals surface area contributed by atoms with Gasteiger partial charge in [-0.25, -0.2) is 0 Å². The second-order valence-electron chi connectivity index (χ2n) is 6.84. The minimum absolute atomic E-state index is 0.273. The van der Waals surface area contributed by atoms with E-state index < -0.39 is 11.1 Å². The average Bonchev–Trinajstić information content (AvgIpc) is 3.35. The summed E-state index contributed by atoms with van der Waals surface area (Å²) in [4.78, 5) is 27.8. The number of carbonyl (C=O) groups is 2. The molecule has 7 nitrogen and oxygen atoms in total. The van der Waals surface area contributed by atoms with Crippen molar-refractivity contribution >= 4 is 40.0 Å². The van der Waals surface area contributed by atoms with Crippen LogP contribution in [0.5, 0.6) is 11.5 Å². The molecule has 1 N–H and O–H groups in total. The lowest BCUT2D eigenvalue weighted by Crippen LogP contribution is -2.17. The van der Waals surface area contributed by atoms with Gasteiger partial charge in [-0.15, -0.1) is 0 Å². The molecule has 2 aromatic heterocycles. The van der Waals surface area contributed by atoms with Crippen molar-refractivity contribution in [3.05, 3.63) is 83.2 Å². The van der Waals surface area contributed by atoms with Crippen molar-refractivity contribution < 1.29 is 18.7 Å². The maximum Gasteiger partial charge on any atom is 0.290 e. The van der Waals surface area contributed by atoms with Gasteiger partial charge in [0.1, 0.15) is 28.9 Å². The molecule has 4 aromatic rings. The molecule has 0 atom stereocenters. The maximum absolute atomic E-state index is 11.8. The van der Waals surface area contributed by atoms with E-state index >= 15 is 0 Å². The number of benzene rings is 2. The van der Waals surface area contributed by atoms with Crippen LogP contribution in [0, 0.1) is 11.3 Å². The number of fused-ring (bicyclic) bond motifs is 1. The van der Waals surface area contributed by atoms with Crippen LogP contribution in [0.15, 0.2) is 76.3 Å². The molecule has 0 spiro atoms. The van der Waals surface area contributed by atoms with Gasteiger partial charge in [-0.05, 0) is 47.7 Å². The van der Waals surface area contributed by atoms with E-state index in [1.54, 1.807) is 48.8 Å². The monoisotopic (exact) mass is 439 g/mol. The van der Waals surface area contributed by atoms with Crippen LogP contribution in [0.25, 0.3) is 28.2 Å². The van der Waals surface area contributed by atoms with Crippen molar-refractivity contribution in [2.75, 3.05) is 0 Å². The Bertz CT molecular complexity index is 1470. The van der Waals surface area contributed by atoms with E-state index in [2.05, 4.69) is 16.4 Å². The first-order valence-corrected chi connectivity index (χ1v) is 10.3. The van der Waals surface area contributed by atoms with Gasteiger partial charge in [0, 0.05) is 29.4 Å². The molecule has 8 heteroatoms. The fourth-order valence-electron chi connectivity index (χ4n) is 3.31. The van der Waals surface area contributed by atoms with Gasteiger partial charge in [-0.2, -0.15) is 5.26 Å². The van der Waals surface area contributed by atoms with Gasteiger partial charge in [0.05, 0.1) is 10.5 Å². The van der Waals surface area contributed by atoms with Crippen LogP contribution in [-0.2, 0) is 4.79 Å². The zero-order valence-electron chi connectivity index (χ0n) is 16.4. The molecule has 32 heavy (non-hydrogen) atoms. The fourth-order valence-corrected chi connectivity index (χ4v) is 3.97. The largest absolute Gasteiger partial charge is 0.456 e. The zero-order valence-corrected chi connectivity index (χ0v) is 17.2. The third kappa shape index (κ3) is 3.73. The van der Waals surface area contributed by atoms with E-state index in [9.17, 15) is 14.9 Å². The highest BCUT2D eigenvalue weighted by Gasteiger charge is 2.25. The summed E-state index contributed by atoms with van der Waals surface area (Å²) in [6.07, 6.45) is 4.89. The van der Waals surface area contributed by atoms with E-state index in [0.29, 0.717) is 28.4 Å². The van der Waals surface area contributed by atoms with Gasteiger partial charge in [0.15, 0.2) is 0 Å². The number of hydrogen-bond donors (Lipinski definition) is 1. The number of aromatic nitrogens is 1. The quantitative estimate of drug-likeness (QED) is 0.420. The summed E-state index contributed by atoms with van der Waals surface area (Å²) in [6.45, 7) is 0. The summed E-state index contributed by atoms with van der Waals surface area (Å²) >= 11 is 0.831. The maximum atomic E-state index is 11.8. The van der Waals surface area contributed by atoms with Crippen molar-refractivity contribution in [2.45, 2.75) is 0 Å². The Morgan fingerprint density at radius 2 is 1.97 bits per heavy atom. The predicted octanol–water partition coefficient (Wildman–Crippen LogP) is 5.48. The van der Waals surface area contributed by atoms with E-state index in [0.717, 1.165) is 28.3 Å². The molecular formula is C24H13N3O4S. The summed E-state index contributed by atoms with van der Waals surface area (Å²) in [5.41, 5.74) is 2.59. The lowest BCUT2D eigenvalue weighted by atomic mass is 10.1. The Balaban J connectivity index is 1.51. The fraction of sp³-hybridized carbons (Fsp3) is 0. The van der Waals surface area contributed by atoms with E-state index in [1.165, 1.54) is 6.08 Å². The van der Waals surface area contributed by atoms with Crippen LogP contribution in [-0.4, -0.2) is 16.1 Å². The van der Waals surface area contributed by atoms with Gasteiger partial charge >= 0.3 is 0 Å². The van der Waals surface area contributed by atoms with Crippen LogP contribution in [0.3, 0.4) is 0 Å². The van der Waals surface area contributed by atoms with Gasteiger partial charge in [0.2, 0.25) is 0 Å². The molecule has 1 saturated heterocycles. The van der Waals surface area contributed by atoms with Gasteiger partial charge in [-0.3, -0.25) is 19.9 Å². The van der Waals surface area contributed by atoms with E-state index in [-0.39, 0.29) is 4.91 Å². The normalized spacial score (nSPS) is 14.5. The standard InChI is InChI=1S/C24H13N3O4S/c25-11-15-4-1-2-7-20(15)30-17-6-3-5-14(8-17)19-13-26-12-16-9-18(31-22(16)19)10-21-23(28)27-24(29)32-21/h1-10,12-13H,(H,27,28,29)/b21-10+. The lowest BCUT2D eigenvalue weighted by Gasteiger charge is -2.09. The van der Waals surface area contributed by atoms with Gasteiger partial charge in [0.25, 0.3) is 11.1 Å². The number of ether oxygens (including phenoxy) is 1. The summed E-state index contributed by atoms with van der Waals surface area (Å²) in [5, 5.41) is 11.9. The number of hydrogen-bond acceptors (Lipinski definition) is 7. The lowest BCUT2D eigenvalue weighted by molar-refractivity contribution is -0.115. The summed E-state index contributed by atoms with van der Waals surface area (Å²) < 4.78 is 11.9. The van der Waals surface area contributed by atoms with Gasteiger partial charge in [-0.1, -0.05) is 24.3 Å². The molecule has 0 radical (unpaired) electrons. The van der Waals surface area contributed by atoms with Crippen molar-refractivity contribution in [1.29, 1.82) is 5.26 Å². The molecule has 5 rings (SSSR count). The molecule has 0 saturated carbocycles. The number of nitriles is 1. The average molecular weight is 439 g/mol. The molecule has 1 aliphatic rings. The van der Waals surface area contributed by atoms with Gasteiger partial charge < -0.3 is 9.15 Å². The number of nitrogens with one attached hydrogen (secondary N) is 1. The first kappa shape index (κ1) is 19.6. The first-order valence-electron chi connectivity index (χ1n) is 9.50. The molecule has 154 valence electrons. The van der Waals surface area contributed by atoms with Crippen LogP contribution in [0.1, 0.15) is 11.3 Å². The van der Waals surface area contributed by atoms with Crippen molar-refractivity contribution in [1.82, 2.24) is 10.3 Å². The SMILES string of the molecule is N#Cc1ccccc1Oc1cccc(-c2cncc3cc(/C=C4/SC(=O)NC4=O)oc23)c1. The number of furan rings is 1. The Morgan fingerprint density at radius 3 is 2.78 bits per heavy atom. The minimum atomic E-state index is -0.443. The number of rotatable bonds is 4. The van der Waals surface area contributed by atoms with Crippen LogP contribution < -0.4 is 10.1 Å². The number of nitrogens with zero attached hydrogens (tertiary/aromatic N) is 2. The zero-order chi connectivity index (χ0) is 22.1. The molecule has 2 amide bonds. The molecule has 1 aliphatic heterocycles. The molecule has 0 unspecified atom stereocenters. The summed E-state index contributed by atoms with van der Waals surface area (Å²) in [7, 11) is 0. The predicted molar refractivity (Wildman–Crippen MR) is 120 cm³/mol. The number of carbonyl (C=O) groups excluding carboxylic acids is 2. The second-order valence-corrected chi connectivity index (χ2v) is 7.86. The van der Waals surface area contributed by atoms with Crippen LogP contribution in [0.2, 0.25) is 0 Å². The van der Waals surface area contributed by atoms with Crippen molar-refractivity contribution in [3.63, 3.8) is 0 Å². The molecule has 1 fully saturated rings. The molecule has 0 aliphatic carbocycles. The number of imide groups is 1. The number of thioether (sulfide) groups is 1. The topological polar surface area (TPSA) is 105 Å². The Hall–Kier alpha value is -4.35. The minimum Gasteiger partial charge on any atom is -0.456 e. The van der Waals surface area contributed by atoms with Crippen molar-refractivity contribution in [2.24, 2.45) is 0 Å². The van der Waals surface area contributed by atoms with E-state index in [4.69, 9.17) is 9.15 Å². The molecule has 2 aromatic carbocycles. The third-order valence-electron chi connectivity index (χ3n) is 4.74. The second kappa shape index (κ2) is 8.06. The Kier molecular flexibility index (Phi) is 4.94. The number of para-hydroxylation sites is 1. The first-order chi connectivity index (χ1) is 15.6. The molecule has 3 heterocycles. The summed E-state index contributed by atoms with van der Waals surface area (Å²) in [6, 6.07) is 18.3. The number of pyridine rings is 1. The highest BCUT2D eigenvalue weighted by atomic mass is 32.2. The molecule has 0 bridgehead atoms. The highest BCUT2D eigenvalue weighted by molar-refractivity contribution is 8.18. The smallest absolute Gasteiger partial charge is 0.290 e. The Morgan fingerprint density at radius 1 is 1.09 bits per heavy atom. The van der Waals surface area contributed by atoms with E-state index in [1.807, 2.05) is 18.2 Å².